The van der Waals surface area contributed by atoms with E-state index in [0.717, 1.165) is 29.2 Å². The Morgan fingerprint density at radius 3 is 1.78 bits per heavy atom. The second-order valence-corrected chi connectivity index (χ2v) is 11.8. The molecule has 1 N–H and O–H groups in total. The van der Waals surface area contributed by atoms with Gasteiger partial charge in [0.05, 0.1) is 25.7 Å². The third-order valence-corrected chi connectivity index (χ3v) is 8.24. The second-order valence-electron chi connectivity index (χ2n) is 10.9. The van der Waals surface area contributed by atoms with Crippen LogP contribution in [-0.2, 0) is 16.0 Å². The molecule has 0 atom stereocenters. The number of benzene rings is 2. The van der Waals surface area contributed by atoms with Crippen LogP contribution in [0.25, 0.3) is 0 Å². The van der Waals surface area contributed by atoms with Crippen molar-refractivity contribution in [3.63, 3.8) is 0 Å². The summed E-state index contributed by atoms with van der Waals surface area (Å²) >= 11 is 1.46. The predicted octanol–water partition coefficient (Wildman–Crippen LogP) is 10.0. The highest BCUT2D eigenvalue weighted by Crippen LogP contribution is 2.25. The molecule has 0 aliphatic rings. The summed E-state index contributed by atoms with van der Waals surface area (Å²) < 4.78 is 10.8. The quantitative estimate of drug-likeness (QED) is 0.0801. The molecule has 0 bridgehead atoms. The first-order chi connectivity index (χ1) is 20.1. The van der Waals surface area contributed by atoms with Gasteiger partial charge in [0, 0.05) is 10.6 Å². The van der Waals surface area contributed by atoms with Crippen LogP contribution < -0.4 is 10.1 Å². The van der Waals surface area contributed by atoms with Crippen LogP contribution in [0.2, 0.25) is 0 Å². The molecule has 2 aromatic carbocycles. The SMILES string of the molecule is CCCCCCCCCCCCCCCCCCOc1ccc(CC(=O)Nc2ccc(SC)c(C(=O)OC)c2)cc1. The number of ether oxygens (including phenoxy) is 2. The molecule has 0 saturated carbocycles. The number of anilines is 1. The van der Waals surface area contributed by atoms with E-state index in [4.69, 9.17) is 9.47 Å². The number of amides is 1. The molecule has 41 heavy (non-hydrogen) atoms. The first-order valence-electron chi connectivity index (χ1n) is 15.8. The normalized spacial score (nSPS) is 10.9. The monoisotopic (exact) mass is 583 g/mol. The van der Waals surface area contributed by atoms with E-state index >= 15 is 0 Å². The molecule has 6 heteroatoms. The van der Waals surface area contributed by atoms with Crippen molar-refractivity contribution in [2.75, 3.05) is 25.3 Å². The summed E-state index contributed by atoms with van der Waals surface area (Å²) in [6.07, 6.45) is 23.9. The molecule has 0 aliphatic heterocycles. The third-order valence-electron chi connectivity index (χ3n) is 7.44. The highest BCUT2D eigenvalue weighted by atomic mass is 32.2. The first-order valence-corrected chi connectivity index (χ1v) is 17.1. The van der Waals surface area contributed by atoms with Gasteiger partial charge in [-0.05, 0) is 48.6 Å². The first kappa shape index (κ1) is 34.7. The molecule has 0 saturated heterocycles. The van der Waals surface area contributed by atoms with Crippen molar-refractivity contribution in [2.24, 2.45) is 0 Å². The highest BCUT2D eigenvalue weighted by Gasteiger charge is 2.13. The van der Waals surface area contributed by atoms with Crippen LogP contribution in [0.3, 0.4) is 0 Å². The molecule has 228 valence electrons. The zero-order valence-electron chi connectivity index (χ0n) is 25.8. The molecule has 1 amide bonds. The molecular weight excluding hydrogens is 530 g/mol. The van der Waals surface area contributed by atoms with E-state index in [1.807, 2.05) is 36.6 Å². The van der Waals surface area contributed by atoms with Gasteiger partial charge in [0.25, 0.3) is 0 Å². The van der Waals surface area contributed by atoms with Gasteiger partial charge in [-0.1, -0.05) is 115 Å². The summed E-state index contributed by atoms with van der Waals surface area (Å²) in [6, 6.07) is 13.0. The molecule has 0 fully saturated rings. The third kappa shape index (κ3) is 15.4. The van der Waals surface area contributed by atoms with Crippen molar-refractivity contribution in [1.29, 1.82) is 0 Å². The van der Waals surface area contributed by atoms with E-state index in [9.17, 15) is 9.59 Å². The van der Waals surface area contributed by atoms with Gasteiger partial charge in [0.15, 0.2) is 0 Å². The van der Waals surface area contributed by atoms with E-state index in [1.165, 1.54) is 115 Å². The summed E-state index contributed by atoms with van der Waals surface area (Å²) in [5.74, 6) is 0.283. The standard InChI is InChI=1S/C35H53NO4S/c1-4-5-6-7-8-9-10-11-12-13-14-15-16-17-18-19-26-40-31-23-20-29(21-24-31)27-34(37)36-30-22-25-33(41-3)32(28-30)35(38)39-2/h20-25,28H,4-19,26-27H2,1-3H3,(H,36,37). The maximum atomic E-state index is 12.6. The van der Waals surface area contributed by atoms with Crippen molar-refractivity contribution in [2.45, 2.75) is 121 Å². The van der Waals surface area contributed by atoms with Gasteiger partial charge in [0.1, 0.15) is 5.75 Å². The van der Waals surface area contributed by atoms with Gasteiger partial charge >= 0.3 is 5.97 Å². The Morgan fingerprint density at radius 1 is 0.732 bits per heavy atom. The fourth-order valence-electron chi connectivity index (χ4n) is 4.99. The van der Waals surface area contributed by atoms with E-state index in [-0.39, 0.29) is 12.3 Å². The summed E-state index contributed by atoms with van der Waals surface area (Å²) in [5, 5.41) is 2.88. The maximum Gasteiger partial charge on any atom is 0.339 e. The minimum absolute atomic E-state index is 0.139. The molecule has 2 rings (SSSR count). The van der Waals surface area contributed by atoms with Gasteiger partial charge in [0.2, 0.25) is 5.91 Å². The highest BCUT2D eigenvalue weighted by molar-refractivity contribution is 7.98. The molecule has 2 aromatic rings. The van der Waals surface area contributed by atoms with E-state index in [2.05, 4.69) is 12.2 Å². The number of carbonyl (C=O) groups is 2. The number of rotatable bonds is 23. The fourth-order valence-corrected chi connectivity index (χ4v) is 5.56. The van der Waals surface area contributed by atoms with Crippen LogP contribution in [-0.4, -0.2) is 31.8 Å². The fraction of sp³-hybridized carbons (Fsp3) is 0.600. The molecule has 0 radical (unpaired) electrons. The van der Waals surface area contributed by atoms with Gasteiger partial charge in [-0.15, -0.1) is 11.8 Å². The molecule has 0 spiro atoms. The molecule has 0 aliphatic carbocycles. The van der Waals surface area contributed by atoms with E-state index in [0.29, 0.717) is 11.3 Å². The second kappa shape index (κ2) is 22.2. The van der Waals surface area contributed by atoms with Gasteiger partial charge in [-0.25, -0.2) is 4.79 Å². The van der Waals surface area contributed by atoms with Crippen LogP contribution in [0.15, 0.2) is 47.4 Å². The van der Waals surface area contributed by atoms with Crippen molar-refractivity contribution in [3.8, 4) is 5.75 Å². The Balaban J connectivity index is 1.51. The predicted molar refractivity (Wildman–Crippen MR) is 173 cm³/mol. The Kier molecular flexibility index (Phi) is 18.8. The number of hydrogen-bond donors (Lipinski definition) is 1. The summed E-state index contributed by atoms with van der Waals surface area (Å²) in [6.45, 7) is 3.01. The number of esters is 1. The number of thioether (sulfide) groups is 1. The number of unbranched alkanes of at least 4 members (excludes halogenated alkanes) is 15. The van der Waals surface area contributed by atoms with E-state index < -0.39 is 5.97 Å². The number of methoxy groups -OCH3 is 1. The van der Waals surface area contributed by atoms with Crippen LogP contribution in [0.4, 0.5) is 5.69 Å². The number of nitrogens with one attached hydrogen (secondary N) is 1. The van der Waals surface area contributed by atoms with Gasteiger partial charge in [-0.2, -0.15) is 0 Å². The molecule has 0 aromatic heterocycles. The smallest absolute Gasteiger partial charge is 0.339 e. The minimum atomic E-state index is -0.416. The minimum Gasteiger partial charge on any atom is -0.494 e. The zero-order valence-corrected chi connectivity index (χ0v) is 26.6. The molecule has 0 heterocycles. The lowest BCUT2D eigenvalue weighted by Gasteiger charge is -2.10. The largest absolute Gasteiger partial charge is 0.494 e. The van der Waals surface area contributed by atoms with Crippen molar-refractivity contribution >= 4 is 29.3 Å². The van der Waals surface area contributed by atoms with Crippen molar-refractivity contribution < 1.29 is 19.1 Å². The van der Waals surface area contributed by atoms with Crippen molar-refractivity contribution in [3.05, 3.63) is 53.6 Å². The van der Waals surface area contributed by atoms with Crippen LogP contribution in [0.5, 0.6) is 5.75 Å². The molecule has 5 nitrogen and oxygen atoms in total. The van der Waals surface area contributed by atoms with Crippen LogP contribution in [0.1, 0.15) is 126 Å². The van der Waals surface area contributed by atoms with Crippen molar-refractivity contribution in [1.82, 2.24) is 0 Å². The number of hydrogen-bond acceptors (Lipinski definition) is 5. The average Bonchev–Trinajstić information content (AvgIpc) is 2.99. The summed E-state index contributed by atoms with van der Waals surface area (Å²) in [5.41, 5.74) is 1.93. The maximum absolute atomic E-state index is 12.6. The number of carbonyl (C=O) groups excluding carboxylic acids is 2. The van der Waals surface area contributed by atoms with Crippen LogP contribution in [0, 0.1) is 0 Å². The van der Waals surface area contributed by atoms with Crippen LogP contribution >= 0.6 is 11.8 Å². The Hall–Kier alpha value is -2.47. The zero-order chi connectivity index (χ0) is 29.5. The lowest BCUT2D eigenvalue weighted by atomic mass is 10.0. The van der Waals surface area contributed by atoms with E-state index in [1.54, 1.807) is 12.1 Å². The molecule has 0 unspecified atom stereocenters. The lowest BCUT2D eigenvalue weighted by molar-refractivity contribution is -0.115. The summed E-state index contributed by atoms with van der Waals surface area (Å²) in [4.78, 5) is 25.4. The topological polar surface area (TPSA) is 64.6 Å². The van der Waals surface area contributed by atoms with Gasteiger partial charge in [-0.3, -0.25) is 4.79 Å². The summed E-state index contributed by atoms with van der Waals surface area (Å²) in [7, 11) is 1.35. The Morgan fingerprint density at radius 2 is 1.27 bits per heavy atom. The van der Waals surface area contributed by atoms with Gasteiger partial charge < -0.3 is 14.8 Å². The lowest BCUT2D eigenvalue weighted by Crippen LogP contribution is -2.15. The Bertz CT molecular complexity index is 992. The average molecular weight is 584 g/mol. The Labute approximate surface area is 253 Å². The molecular formula is C35H53NO4S.